The van der Waals surface area contributed by atoms with Crippen molar-refractivity contribution < 1.29 is 14.7 Å². The number of halogens is 1. The summed E-state index contributed by atoms with van der Waals surface area (Å²) in [7, 11) is 0. The summed E-state index contributed by atoms with van der Waals surface area (Å²) in [6, 6.07) is 13.5. The largest absolute Gasteiger partial charge is 0.480 e. The Hall–Kier alpha value is -3.25. The summed E-state index contributed by atoms with van der Waals surface area (Å²) in [5, 5.41) is 9.95. The molecular weight excluding hydrogens is 390 g/mol. The molecule has 2 heterocycles. The van der Waals surface area contributed by atoms with E-state index in [1.807, 2.05) is 18.2 Å². The van der Waals surface area contributed by atoms with Crippen LogP contribution < -0.4 is 0 Å². The van der Waals surface area contributed by atoms with Crippen LogP contribution in [-0.2, 0) is 4.79 Å². The summed E-state index contributed by atoms with van der Waals surface area (Å²) in [4.78, 5) is 34.6. The molecule has 6 nitrogen and oxygen atoms in total. The molecule has 7 heteroatoms. The average molecular weight is 408 g/mol. The fourth-order valence-electron chi connectivity index (χ4n) is 3.65. The number of amides is 1. The summed E-state index contributed by atoms with van der Waals surface area (Å²) < 4.78 is 0. The highest BCUT2D eigenvalue weighted by Crippen LogP contribution is 2.36. The molecule has 0 spiro atoms. The van der Waals surface area contributed by atoms with Crippen LogP contribution in [0.2, 0.25) is 5.02 Å². The minimum absolute atomic E-state index is 0.302. The molecule has 2 aromatic carbocycles. The highest BCUT2D eigenvalue weighted by atomic mass is 35.5. The Balaban J connectivity index is 1.82. The molecule has 1 aliphatic heterocycles. The number of aromatic nitrogens is 2. The number of carbonyl (C=O) groups excluding carboxylic acids is 1. The van der Waals surface area contributed by atoms with Crippen molar-refractivity contribution in [2.24, 2.45) is 0 Å². The SMILES string of the molecule is O=C(O)C1CCCN1C(=O)c1ccc(-c2ncccn2)c(-c2ccccc2Cl)c1. The Morgan fingerprint density at radius 1 is 1.00 bits per heavy atom. The van der Waals surface area contributed by atoms with Crippen LogP contribution in [0.15, 0.2) is 60.9 Å². The summed E-state index contributed by atoms with van der Waals surface area (Å²) >= 11 is 6.43. The van der Waals surface area contributed by atoms with Gasteiger partial charge in [0.1, 0.15) is 6.04 Å². The van der Waals surface area contributed by atoms with Crippen molar-refractivity contribution in [1.82, 2.24) is 14.9 Å². The molecule has 3 aromatic rings. The minimum atomic E-state index is -0.975. The molecule has 0 saturated carbocycles. The number of carboxylic acid groups (broad SMARTS) is 1. The van der Waals surface area contributed by atoms with E-state index < -0.39 is 12.0 Å². The first-order valence-corrected chi connectivity index (χ1v) is 9.64. The van der Waals surface area contributed by atoms with Crippen molar-refractivity contribution in [3.8, 4) is 22.5 Å². The van der Waals surface area contributed by atoms with Crippen LogP contribution in [0.3, 0.4) is 0 Å². The van der Waals surface area contributed by atoms with E-state index in [9.17, 15) is 14.7 Å². The van der Waals surface area contributed by atoms with E-state index in [1.165, 1.54) is 4.90 Å². The molecule has 1 saturated heterocycles. The molecule has 1 N–H and O–H groups in total. The average Bonchev–Trinajstić information content (AvgIpc) is 3.24. The zero-order chi connectivity index (χ0) is 20.4. The summed E-state index contributed by atoms with van der Waals surface area (Å²) in [5.74, 6) is -0.758. The van der Waals surface area contributed by atoms with Gasteiger partial charge in [-0.1, -0.05) is 29.8 Å². The Kier molecular flexibility index (Phi) is 5.27. The van der Waals surface area contributed by atoms with E-state index in [2.05, 4.69) is 9.97 Å². The molecule has 1 aromatic heterocycles. The number of hydrogen-bond donors (Lipinski definition) is 1. The Morgan fingerprint density at radius 3 is 2.48 bits per heavy atom. The van der Waals surface area contributed by atoms with Crippen LogP contribution in [0.4, 0.5) is 0 Å². The lowest BCUT2D eigenvalue weighted by Crippen LogP contribution is -2.40. The second kappa shape index (κ2) is 8.01. The fourth-order valence-corrected chi connectivity index (χ4v) is 3.88. The quantitative estimate of drug-likeness (QED) is 0.702. The molecule has 0 aliphatic carbocycles. The normalized spacial score (nSPS) is 16.0. The van der Waals surface area contributed by atoms with Gasteiger partial charge in [-0.05, 0) is 48.7 Å². The van der Waals surface area contributed by atoms with Crippen molar-refractivity contribution >= 4 is 23.5 Å². The monoisotopic (exact) mass is 407 g/mol. The third-order valence-electron chi connectivity index (χ3n) is 5.04. The van der Waals surface area contributed by atoms with Crippen LogP contribution in [0.1, 0.15) is 23.2 Å². The Labute approximate surface area is 172 Å². The zero-order valence-corrected chi connectivity index (χ0v) is 16.2. The fraction of sp³-hybridized carbons (Fsp3) is 0.182. The maximum absolute atomic E-state index is 13.1. The van der Waals surface area contributed by atoms with E-state index in [1.54, 1.807) is 42.7 Å². The number of carbonyl (C=O) groups is 2. The van der Waals surface area contributed by atoms with E-state index in [-0.39, 0.29) is 5.91 Å². The van der Waals surface area contributed by atoms with E-state index in [4.69, 9.17) is 11.6 Å². The zero-order valence-electron chi connectivity index (χ0n) is 15.5. The van der Waals surface area contributed by atoms with Gasteiger partial charge in [0, 0.05) is 40.7 Å². The number of benzene rings is 2. The molecule has 146 valence electrons. The predicted molar refractivity (Wildman–Crippen MR) is 110 cm³/mol. The van der Waals surface area contributed by atoms with Crippen LogP contribution >= 0.6 is 11.6 Å². The highest BCUT2D eigenvalue weighted by Gasteiger charge is 2.34. The molecule has 1 unspecified atom stereocenters. The number of hydrogen-bond acceptors (Lipinski definition) is 4. The number of likely N-dealkylation sites (tertiary alicyclic amines) is 1. The number of carboxylic acids is 1. The number of nitrogens with zero attached hydrogens (tertiary/aromatic N) is 3. The lowest BCUT2D eigenvalue weighted by Gasteiger charge is -2.22. The van der Waals surface area contributed by atoms with E-state index >= 15 is 0 Å². The summed E-state index contributed by atoms with van der Waals surface area (Å²) in [6.45, 7) is 0.431. The first-order valence-electron chi connectivity index (χ1n) is 9.26. The number of aliphatic carboxylic acids is 1. The second-order valence-corrected chi connectivity index (χ2v) is 7.21. The topological polar surface area (TPSA) is 83.4 Å². The predicted octanol–water partition coefficient (Wildman–Crippen LogP) is 4.15. The Bertz CT molecular complexity index is 1070. The smallest absolute Gasteiger partial charge is 0.326 e. The van der Waals surface area contributed by atoms with Gasteiger partial charge in [-0.15, -0.1) is 0 Å². The molecule has 4 rings (SSSR count). The molecule has 1 atom stereocenters. The van der Waals surface area contributed by atoms with Gasteiger partial charge in [0.2, 0.25) is 0 Å². The van der Waals surface area contributed by atoms with Crippen molar-refractivity contribution in [3.63, 3.8) is 0 Å². The highest BCUT2D eigenvalue weighted by molar-refractivity contribution is 6.33. The van der Waals surface area contributed by atoms with Crippen LogP contribution in [-0.4, -0.2) is 44.4 Å². The lowest BCUT2D eigenvalue weighted by atomic mass is 9.96. The van der Waals surface area contributed by atoms with Gasteiger partial charge in [0.15, 0.2) is 5.82 Å². The maximum Gasteiger partial charge on any atom is 0.326 e. The van der Waals surface area contributed by atoms with E-state index in [0.29, 0.717) is 35.8 Å². The van der Waals surface area contributed by atoms with Gasteiger partial charge >= 0.3 is 5.97 Å². The summed E-state index contributed by atoms with van der Waals surface area (Å²) in [6.07, 6.45) is 4.45. The van der Waals surface area contributed by atoms with Gasteiger partial charge in [0.25, 0.3) is 5.91 Å². The molecule has 29 heavy (non-hydrogen) atoms. The molecule has 1 aliphatic rings. The third kappa shape index (κ3) is 3.71. The van der Waals surface area contributed by atoms with E-state index in [0.717, 1.165) is 16.7 Å². The van der Waals surface area contributed by atoms with Gasteiger partial charge in [-0.25, -0.2) is 14.8 Å². The van der Waals surface area contributed by atoms with Gasteiger partial charge in [-0.2, -0.15) is 0 Å². The standard InChI is InChI=1S/C22H18ClN3O3/c23-18-6-2-1-5-15(18)17-13-14(8-9-16(17)20-24-10-4-11-25-20)21(27)26-12-3-7-19(26)22(28)29/h1-2,4-6,8-11,13,19H,3,7,12H2,(H,28,29). The molecule has 1 amide bonds. The van der Waals surface area contributed by atoms with Crippen molar-refractivity contribution in [2.75, 3.05) is 6.54 Å². The Morgan fingerprint density at radius 2 is 1.76 bits per heavy atom. The maximum atomic E-state index is 13.1. The molecule has 1 fully saturated rings. The van der Waals surface area contributed by atoms with Crippen LogP contribution in [0.25, 0.3) is 22.5 Å². The minimum Gasteiger partial charge on any atom is -0.480 e. The van der Waals surface area contributed by atoms with Gasteiger partial charge in [-0.3, -0.25) is 4.79 Å². The van der Waals surface area contributed by atoms with Crippen molar-refractivity contribution in [2.45, 2.75) is 18.9 Å². The molecule has 0 bridgehead atoms. The van der Waals surface area contributed by atoms with Crippen LogP contribution in [0, 0.1) is 0 Å². The van der Waals surface area contributed by atoms with Gasteiger partial charge < -0.3 is 10.0 Å². The van der Waals surface area contributed by atoms with Gasteiger partial charge in [0.05, 0.1) is 0 Å². The first-order chi connectivity index (χ1) is 14.1. The molecular formula is C22H18ClN3O3. The lowest BCUT2D eigenvalue weighted by molar-refractivity contribution is -0.141. The first kappa shape index (κ1) is 19.1. The molecule has 0 radical (unpaired) electrons. The second-order valence-electron chi connectivity index (χ2n) is 6.81. The van der Waals surface area contributed by atoms with Crippen molar-refractivity contribution in [1.29, 1.82) is 0 Å². The summed E-state index contributed by atoms with van der Waals surface area (Å²) in [5.41, 5.74) is 2.63. The third-order valence-corrected chi connectivity index (χ3v) is 5.37. The van der Waals surface area contributed by atoms with Crippen LogP contribution in [0.5, 0.6) is 0 Å². The number of rotatable bonds is 4. The van der Waals surface area contributed by atoms with Crippen molar-refractivity contribution in [3.05, 3.63) is 71.5 Å².